The number of aromatic amines is 2. The van der Waals surface area contributed by atoms with Crippen LogP contribution in [0.1, 0.15) is 36.9 Å². The van der Waals surface area contributed by atoms with Crippen LogP contribution in [0.2, 0.25) is 0 Å². The number of hydrogen-bond acceptors (Lipinski definition) is 8. The number of carboxylic acid groups (broad SMARTS) is 2. The summed E-state index contributed by atoms with van der Waals surface area (Å²) < 4.78 is 0. The number of hydrogen-bond donors (Lipinski definition) is 10. The fraction of sp³-hybridized carbons (Fsp3) is 0.393. The Morgan fingerprint density at radius 2 is 1.58 bits per heavy atom. The Kier molecular flexibility index (Phi) is 12.4. The second kappa shape index (κ2) is 16.4. The highest BCUT2D eigenvalue weighted by atomic mass is 16.4. The molecule has 0 fully saturated rings. The number of carboxylic acids is 2. The van der Waals surface area contributed by atoms with Gasteiger partial charge in [0.1, 0.15) is 18.1 Å². The average molecular weight is 627 g/mol. The van der Waals surface area contributed by atoms with Crippen LogP contribution in [0.3, 0.4) is 0 Å². The molecule has 0 radical (unpaired) electrons. The van der Waals surface area contributed by atoms with Crippen molar-refractivity contribution >= 4 is 46.5 Å². The minimum atomic E-state index is -1.36. The quantitative estimate of drug-likeness (QED) is 0.0438. The van der Waals surface area contributed by atoms with Gasteiger partial charge in [-0.1, -0.05) is 18.2 Å². The molecule has 0 saturated carbocycles. The molecule has 0 aliphatic rings. The van der Waals surface area contributed by atoms with Crippen molar-refractivity contribution in [2.45, 2.75) is 62.7 Å². The second-order valence-corrected chi connectivity index (χ2v) is 10.4. The summed E-state index contributed by atoms with van der Waals surface area (Å²) in [7, 11) is 0. The first-order valence-electron chi connectivity index (χ1n) is 14.1. The highest BCUT2D eigenvalue weighted by Crippen LogP contribution is 2.19. The van der Waals surface area contributed by atoms with Crippen molar-refractivity contribution in [3.8, 4) is 0 Å². The third-order valence-electron chi connectivity index (χ3n) is 6.91. The number of aliphatic imine (C=N–C) groups is 1. The maximum Gasteiger partial charge on any atom is 0.326 e. The molecule has 4 atom stereocenters. The summed E-state index contributed by atoms with van der Waals surface area (Å²) in [5, 5.41) is 27.4. The van der Waals surface area contributed by atoms with Gasteiger partial charge in [-0.05, 0) is 30.9 Å². The van der Waals surface area contributed by atoms with Gasteiger partial charge in [-0.15, -0.1) is 0 Å². The standard InChI is InChI=1S/C28H38N10O7/c29-18(5-3-9-33-28(30)31)24(41)36-20(7-8-23(39)40)25(42)37-21(11-16-13-32-14-35-16)26(43)38-22(27(44)45)10-15-12-34-19-6-2-1-4-17(15)19/h1-2,4,6,12-14,18,20-22,34H,3,5,7-11,29H2,(H,32,35)(H,36,41)(H,37,42)(H,38,43)(H,39,40)(H,44,45)(H4,30,31,33). The maximum atomic E-state index is 13.5. The van der Waals surface area contributed by atoms with Crippen molar-refractivity contribution < 1.29 is 34.2 Å². The first-order valence-corrected chi connectivity index (χ1v) is 14.1. The number of rotatable bonds is 18. The number of H-pyrrole nitrogens is 2. The number of amides is 3. The molecule has 0 aliphatic heterocycles. The molecule has 242 valence electrons. The molecular weight excluding hydrogens is 588 g/mol. The molecule has 1 aromatic carbocycles. The van der Waals surface area contributed by atoms with Gasteiger partial charge in [0, 0.05) is 54.8 Å². The number of imidazole rings is 1. The molecule has 0 bridgehead atoms. The Morgan fingerprint density at radius 3 is 2.24 bits per heavy atom. The minimum absolute atomic E-state index is 0.0474. The van der Waals surface area contributed by atoms with Crippen LogP contribution in [-0.4, -0.2) is 91.5 Å². The van der Waals surface area contributed by atoms with Crippen molar-refractivity contribution in [1.29, 1.82) is 0 Å². The lowest BCUT2D eigenvalue weighted by molar-refractivity contribution is -0.142. The summed E-state index contributed by atoms with van der Waals surface area (Å²) in [4.78, 5) is 76.7. The van der Waals surface area contributed by atoms with E-state index in [1.165, 1.54) is 12.5 Å². The van der Waals surface area contributed by atoms with Gasteiger partial charge in [-0.3, -0.25) is 24.2 Å². The largest absolute Gasteiger partial charge is 0.481 e. The zero-order valence-electron chi connectivity index (χ0n) is 24.4. The number of para-hydroxylation sites is 1. The van der Waals surface area contributed by atoms with E-state index >= 15 is 0 Å². The summed E-state index contributed by atoms with van der Waals surface area (Å²) >= 11 is 0. The van der Waals surface area contributed by atoms with Crippen LogP contribution in [0, 0.1) is 0 Å². The molecule has 0 aliphatic carbocycles. The van der Waals surface area contributed by atoms with Crippen molar-refractivity contribution in [2.75, 3.05) is 6.54 Å². The fourth-order valence-corrected chi connectivity index (χ4v) is 4.56. The average Bonchev–Trinajstić information content (AvgIpc) is 3.66. The molecule has 3 aromatic rings. The molecule has 2 aromatic heterocycles. The third-order valence-corrected chi connectivity index (χ3v) is 6.91. The van der Waals surface area contributed by atoms with Crippen LogP contribution < -0.4 is 33.2 Å². The van der Waals surface area contributed by atoms with E-state index in [2.05, 4.69) is 35.9 Å². The number of fused-ring (bicyclic) bond motifs is 1. The van der Waals surface area contributed by atoms with Gasteiger partial charge in [0.2, 0.25) is 17.7 Å². The van der Waals surface area contributed by atoms with E-state index < -0.39 is 60.2 Å². The van der Waals surface area contributed by atoms with Gasteiger partial charge in [-0.2, -0.15) is 0 Å². The van der Waals surface area contributed by atoms with Crippen LogP contribution >= 0.6 is 0 Å². The first kappa shape index (κ1) is 34.0. The minimum Gasteiger partial charge on any atom is -0.481 e. The molecule has 17 heteroatoms. The maximum absolute atomic E-state index is 13.5. The Labute approximate surface area is 257 Å². The number of nitrogens with one attached hydrogen (secondary N) is 5. The highest BCUT2D eigenvalue weighted by Gasteiger charge is 2.31. The number of benzene rings is 1. The molecule has 45 heavy (non-hydrogen) atoms. The molecule has 4 unspecified atom stereocenters. The van der Waals surface area contributed by atoms with Gasteiger partial charge in [0.05, 0.1) is 12.4 Å². The lowest BCUT2D eigenvalue weighted by Gasteiger charge is -2.25. The number of nitrogens with zero attached hydrogens (tertiary/aromatic N) is 2. The topological polar surface area (TPSA) is 297 Å². The Bertz CT molecular complexity index is 1500. The van der Waals surface area contributed by atoms with E-state index in [1.54, 1.807) is 6.20 Å². The Balaban J connectivity index is 1.75. The number of carbonyl (C=O) groups excluding carboxylic acids is 3. The lowest BCUT2D eigenvalue weighted by Crippen LogP contribution is -2.58. The zero-order chi connectivity index (χ0) is 32.9. The van der Waals surface area contributed by atoms with Crippen molar-refractivity contribution in [3.63, 3.8) is 0 Å². The van der Waals surface area contributed by atoms with E-state index in [0.717, 1.165) is 10.9 Å². The van der Waals surface area contributed by atoms with Gasteiger partial charge in [0.25, 0.3) is 0 Å². The van der Waals surface area contributed by atoms with Crippen molar-refractivity contribution in [3.05, 3.63) is 54.2 Å². The monoisotopic (exact) mass is 626 g/mol. The predicted molar refractivity (Wildman–Crippen MR) is 162 cm³/mol. The number of aromatic nitrogens is 3. The smallest absolute Gasteiger partial charge is 0.326 e. The van der Waals surface area contributed by atoms with Crippen molar-refractivity contribution in [2.24, 2.45) is 22.2 Å². The van der Waals surface area contributed by atoms with E-state index in [1.807, 2.05) is 24.3 Å². The molecule has 3 rings (SSSR count). The number of aliphatic carboxylic acids is 2. The van der Waals surface area contributed by atoms with Gasteiger partial charge in [-0.25, -0.2) is 9.78 Å². The van der Waals surface area contributed by atoms with E-state index in [4.69, 9.17) is 17.2 Å². The molecule has 0 spiro atoms. The van der Waals surface area contributed by atoms with Crippen molar-refractivity contribution in [1.82, 2.24) is 30.9 Å². The van der Waals surface area contributed by atoms with Crippen LogP contribution in [0.5, 0.6) is 0 Å². The van der Waals surface area contributed by atoms with Gasteiger partial charge < -0.3 is 53.3 Å². The summed E-state index contributed by atoms with van der Waals surface area (Å²) in [6, 6.07) is 2.21. The third kappa shape index (κ3) is 10.6. The van der Waals surface area contributed by atoms with Gasteiger partial charge in [0.15, 0.2) is 5.96 Å². The second-order valence-electron chi connectivity index (χ2n) is 10.4. The number of carbonyl (C=O) groups is 5. The first-order chi connectivity index (χ1) is 21.4. The Morgan fingerprint density at radius 1 is 0.889 bits per heavy atom. The zero-order valence-corrected chi connectivity index (χ0v) is 24.4. The molecular formula is C28H38N10O7. The van der Waals surface area contributed by atoms with Crippen LogP contribution in [-0.2, 0) is 36.8 Å². The summed E-state index contributed by atoms with van der Waals surface area (Å²) in [5.41, 5.74) is 18.4. The molecule has 2 heterocycles. The fourth-order valence-electron chi connectivity index (χ4n) is 4.56. The lowest BCUT2D eigenvalue weighted by atomic mass is 10.0. The predicted octanol–water partition coefficient (Wildman–Crippen LogP) is -1.54. The molecule has 17 nitrogen and oxygen atoms in total. The van der Waals surface area contributed by atoms with Crippen LogP contribution in [0.25, 0.3) is 10.9 Å². The van der Waals surface area contributed by atoms with Gasteiger partial charge >= 0.3 is 11.9 Å². The highest BCUT2D eigenvalue weighted by molar-refractivity contribution is 5.94. The van der Waals surface area contributed by atoms with Crippen LogP contribution in [0.4, 0.5) is 0 Å². The normalized spacial score (nSPS) is 13.6. The number of nitrogens with two attached hydrogens (primary N) is 3. The summed E-state index contributed by atoms with van der Waals surface area (Å²) in [6.07, 6.45) is 4.08. The molecule has 0 saturated heterocycles. The van der Waals surface area contributed by atoms with E-state index in [0.29, 0.717) is 17.7 Å². The summed E-state index contributed by atoms with van der Waals surface area (Å²) in [5.74, 6) is -5.01. The number of guanidine groups is 1. The van der Waals surface area contributed by atoms with Crippen LogP contribution in [0.15, 0.2) is 48.0 Å². The molecule has 3 amide bonds. The van der Waals surface area contributed by atoms with E-state index in [-0.39, 0.29) is 38.2 Å². The Hall–Kier alpha value is -5.45. The molecule has 13 N–H and O–H groups in total. The van der Waals surface area contributed by atoms with E-state index in [9.17, 15) is 34.2 Å². The summed E-state index contributed by atoms with van der Waals surface area (Å²) in [6.45, 7) is 0.230. The SMILES string of the molecule is NC(N)=NCCCC(N)C(=O)NC(CCC(=O)O)C(=O)NC(Cc1cnc[nH]1)C(=O)NC(Cc1c[nH]c2ccccc12)C(=O)O.